The summed E-state index contributed by atoms with van der Waals surface area (Å²) >= 11 is 1.44. The first kappa shape index (κ1) is 38.6. The third-order valence-electron chi connectivity index (χ3n) is 11.0. The van der Waals surface area contributed by atoms with Crippen molar-refractivity contribution in [3.8, 4) is 11.5 Å². The van der Waals surface area contributed by atoms with Gasteiger partial charge >= 0.3 is 12.1 Å². The van der Waals surface area contributed by atoms with Gasteiger partial charge in [-0.3, -0.25) is 19.4 Å². The standard InChI is InChI=1S/C39H46F3N3O7S/c1-3-8-32-38(52-28-23-25(2)53-24-28,16-7-20-45(32)34(46)33-30(39(40,41)42)10-6-19-43-33)36(49)44-21-17-37(50,18-22-44)29-9-4-5-11-31(29)51-27-14-12-26(13-15-27)35(47)48/h4-6,9-11,19,23-24,26-27,32,50H,3,7-8,12-18,20-22H2,1-2H3,(H,47,48)/t26?,27?,32-,38+/m1/s1. The molecule has 4 heterocycles. The Balaban J connectivity index is 1.27. The average molecular weight is 758 g/mol. The highest BCUT2D eigenvalue weighted by molar-refractivity contribution is 7.10. The molecule has 6 rings (SSSR count). The van der Waals surface area contributed by atoms with E-state index < -0.39 is 46.6 Å². The second-order valence-electron chi connectivity index (χ2n) is 14.4. The number of hydrogen-bond acceptors (Lipinski definition) is 8. The summed E-state index contributed by atoms with van der Waals surface area (Å²) in [5, 5.41) is 23.3. The highest BCUT2D eigenvalue weighted by Crippen LogP contribution is 2.43. The third kappa shape index (κ3) is 8.03. The van der Waals surface area contributed by atoms with Gasteiger partial charge < -0.3 is 29.5 Å². The van der Waals surface area contributed by atoms with Gasteiger partial charge in [-0.2, -0.15) is 13.2 Å². The van der Waals surface area contributed by atoms with Crippen LogP contribution >= 0.6 is 11.3 Å². The Morgan fingerprint density at radius 3 is 2.38 bits per heavy atom. The highest BCUT2D eigenvalue weighted by atomic mass is 32.1. The molecule has 0 unspecified atom stereocenters. The fourth-order valence-corrected chi connectivity index (χ4v) is 8.81. The summed E-state index contributed by atoms with van der Waals surface area (Å²) in [4.78, 5) is 48.3. The van der Waals surface area contributed by atoms with E-state index in [1.165, 1.54) is 16.2 Å². The van der Waals surface area contributed by atoms with E-state index in [2.05, 4.69) is 4.98 Å². The van der Waals surface area contributed by atoms with Crippen molar-refractivity contribution >= 4 is 29.1 Å². The monoisotopic (exact) mass is 757 g/mol. The number of nitrogens with zero attached hydrogens (tertiary/aromatic N) is 3. The number of carbonyl (C=O) groups excluding carboxylic acids is 2. The minimum absolute atomic E-state index is 0.132. The zero-order chi connectivity index (χ0) is 38.0. The van der Waals surface area contributed by atoms with E-state index in [1.807, 2.05) is 38.1 Å². The van der Waals surface area contributed by atoms with Crippen molar-refractivity contribution < 1.29 is 47.2 Å². The fraction of sp³-hybridized carbons (Fsp3) is 0.538. The van der Waals surface area contributed by atoms with Crippen LogP contribution in [0.2, 0.25) is 0 Å². The van der Waals surface area contributed by atoms with Crippen LogP contribution in [0, 0.1) is 12.8 Å². The van der Waals surface area contributed by atoms with Crippen LogP contribution in [-0.4, -0.2) is 80.2 Å². The van der Waals surface area contributed by atoms with Gasteiger partial charge in [0, 0.05) is 48.1 Å². The molecule has 14 heteroatoms. The van der Waals surface area contributed by atoms with Crippen LogP contribution in [0.3, 0.4) is 0 Å². The molecule has 1 aliphatic carbocycles. The lowest BCUT2D eigenvalue weighted by Crippen LogP contribution is -2.68. The number of pyridine rings is 1. The van der Waals surface area contributed by atoms with Crippen molar-refractivity contribution in [1.82, 2.24) is 14.8 Å². The molecule has 3 aliphatic rings. The van der Waals surface area contributed by atoms with Crippen LogP contribution in [0.25, 0.3) is 0 Å². The minimum Gasteiger partial charge on any atom is -0.490 e. The number of carboxylic acid groups (broad SMARTS) is 1. The summed E-state index contributed by atoms with van der Waals surface area (Å²) in [7, 11) is 0. The van der Waals surface area contributed by atoms with E-state index >= 15 is 0 Å². The molecule has 3 fully saturated rings. The first-order chi connectivity index (χ1) is 25.3. The van der Waals surface area contributed by atoms with E-state index in [9.17, 15) is 37.8 Å². The average Bonchev–Trinajstić information content (AvgIpc) is 3.56. The van der Waals surface area contributed by atoms with Crippen LogP contribution in [0.4, 0.5) is 13.2 Å². The quantitative estimate of drug-likeness (QED) is 0.222. The van der Waals surface area contributed by atoms with Gasteiger partial charge in [0.05, 0.1) is 29.2 Å². The molecule has 10 nitrogen and oxygen atoms in total. The van der Waals surface area contributed by atoms with Gasteiger partial charge in [0.1, 0.15) is 17.2 Å². The van der Waals surface area contributed by atoms with Gasteiger partial charge in [-0.05, 0) is 82.6 Å². The molecule has 1 aromatic carbocycles. The number of piperidine rings is 2. The molecule has 2 saturated heterocycles. The van der Waals surface area contributed by atoms with Crippen molar-refractivity contribution in [3.63, 3.8) is 0 Å². The van der Waals surface area contributed by atoms with E-state index in [0.29, 0.717) is 62.0 Å². The van der Waals surface area contributed by atoms with Crippen LogP contribution in [0.1, 0.15) is 97.6 Å². The lowest BCUT2D eigenvalue weighted by molar-refractivity contribution is -0.163. The molecular formula is C39H46F3N3O7S. The lowest BCUT2D eigenvalue weighted by atomic mass is 9.78. The van der Waals surface area contributed by atoms with E-state index in [1.54, 1.807) is 16.3 Å². The van der Waals surface area contributed by atoms with Crippen molar-refractivity contribution in [2.75, 3.05) is 19.6 Å². The van der Waals surface area contributed by atoms with E-state index in [-0.39, 0.29) is 56.8 Å². The number of aliphatic hydroxyl groups is 1. The molecule has 1 saturated carbocycles. The molecule has 0 spiro atoms. The third-order valence-corrected chi connectivity index (χ3v) is 11.8. The smallest absolute Gasteiger partial charge is 0.418 e. The number of aromatic nitrogens is 1. The summed E-state index contributed by atoms with van der Waals surface area (Å²) < 4.78 is 55.2. The number of para-hydroxylation sites is 1. The number of aryl methyl sites for hydroxylation is 1. The maximum atomic E-state index is 15.0. The number of rotatable bonds is 10. The predicted molar refractivity (Wildman–Crippen MR) is 191 cm³/mol. The van der Waals surface area contributed by atoms with Crippen molar-refractivity contribution in [2.45, 2.75) is 108 Å². The number of carbonyl (C=O) groups is 3. The number of thiophene rings is 1. The summed E-state index contributed by atoms with van der Waals surface area (Å²) in [6, 6.07) is 10.2. The SMILES string of the molecule is CCC[C@H]1N(C(=O)c2ncccc2C(F)(F)F)CCC[C@@]1(Oc1csc(C)c1)C(=O)N1CCC(O)(c2ccccc2OC2CCC(C(=O)O)CC2)CC1. The van der Waals surface area contributed by atoms with Crippen LogP contribution in [-0.2, 0) is 21.4 Å². The molecule has 286 valence electrons. The highest BCUT2D eigenvalue weighted by Gasteiger charge is 2.56. The number of halogens is 3. The number of carboxylic acids is 1. The molecule has 3 aromatic rings. The van der Waals surface area contributed by atoms with Crippen molar-refractivity contribution in [2.24, 2.45) is 5.92 Å². The molecule has 53 heavy (non-hydrogen) atoms. The van der Waals surface area contributed by atoms with Gasteiger partial charge in [0.15, 0.2) is 0 Å². The number of benzene rings is 1. The van der Waals surface area contributed by atoms with E-state index in [4.69, 9.17) is 9.47 Å². The van der Waals surface area contributed by atoms with Crippen LogP contribution < -0.4 is 9.47 Å². The number of aliphatic carboxylic acids is 1. The zero-order valence-corrected chi connectivity index (χ0v) is 30.8. The van der Waals surface area contributed by atoms with Crippen LogP contribution in [0.5, 0.6) is 11.5 Å². The van der Waals surface area contributed by atoms with Crippen molar-refractivity contribution in [1.29, 1.82) is 0 Å². The first-order valence-electron chi connectivity index (χ1n) is 18.3. The molecule has 2 amide bonds. The summed E-state index contributed by atoms with van der Waals surface area (Å²) in [5.74, 6) is -1.49. The summed E-state index contributed by atoms with van der Waals surface area (Å²) in [6.45, 7) is 4.24. The molecule has 0 bridgehead atoms. The fourth-order valence-electron chi connectivity index (χ4n) is 8.21. The number of likely N-dealkylation sites (tertiary alicyclic amines) is 2. The van der Waals surface area contributed by atoms with Gasteiger partial charge in [0.2, 0.25) is 5.60 Å². The Hall–Kier alpha value is -4.17. The Morgan fingerprint density at radius 1 is 1.02 bits per heavy atom. The Bertz CT molecular complexity index is 1790. The maximum Gasteiger partial charge on any atom is 0.418 e. The predicted octanol–water partition coefficient (Wildman–Crippen LogP) is 7.23. The molecule has 2 N–H and O–H groups in total. The van der Waals surface area contributed by atoms with Crippen molar-refractivity contribution in [3.05, 3.63) is 75.7 Å². The molecule has 2 atom stereocenters. The maximum absolute atomic E-state index is 15.0. The number of hydrogen-bond donors (Lipinski definition) is 2. The second kappa shape index (κ2) is 15.7. The molecule has 2 aromatic heterocycles. The lowest BCUT2D eigenvalue weighted by Gasteiger charge is -2.51. The largest absolute Gasteiger partial charge is 0.490 e. The molecular weight excluding hydrogens is 712 g/mol. The summed E-state index contributed by atoms with van der Waals surface area (Å²) in [5.41, 5.74) is -4.18. The Morgan fingerprint density at radius 2 is 1.74 bits per heavy atom. The number of alkyl halides is 3. The van der Waals surface area contributed by atoms with Gasteiger partial charge in [-0.1, -0.05) is 31.5 Å². The molecule has 0 radical (unpaired) electrons. The summed E-state index contributed by atoms with van der Waals surface area (Å²) in [6.07, 6.45) is 0.138. The Labute approximate surface area is 310 Å². The minimum atomic E-state index is -4.80. The number of amides is 2. The second-order valence-corrected chi connectivity index (χ2v) is 15.6. The topological polar surface area (TPSA) is 130 Å². The Kier molecular flexibility index (Phi) is 11.4. The van der Waals surface area contributed by atoms with Gasteiger partial charge in [0.25, 0.3) is 11.8 Å². The first-order valence-corrected chi connectivity index (χ1v) is 19.2. The van der Waals surface area contributed by atoms with E-state index in [0.717, 1.165) is 23.2 Å². The van der Waals surface area contributed by atoms with Gasteiger partial charge in [-0.15, -0.1) is 11.3 Å². The zero-order valence-electron chi connectivity index (χ0n) is 29.9. The van der Waals surface area contributed by atoms with Gasteiger partial charge in [-0.25, -0.2) is 0 Å². The van der Waals surface area contributed by atoms with Crippen LogP contribution in [0.15, 0.2) is 54.0 Å². The number of ether oxygens (including phenoxy) is 2. The molecule has 2 aliphatic heterocycles. The normalized spacial score (nSPS) is 24.8.